The van der Waals surface area contributed by atoms with Crippen LogP contribution in [0.15, 0.2) is 18.2 Å². The Balaban J connectivity index is 3.27. The first-order chi connectivity index (χ1) is 9.42. The highest BCUT2D eigenvalue weighted by molar-refractivity contribution is 5.95. The van der Waals surface area contributed by atoms with Crippen LogP contribution < -0.4 is 10.6 Å². The molecule has 0 fully saturated rings. The SMILES string of the molecule is CCN(CCN)c1ccc(C(=O)N(C)C)cc1[N+](=O)[O-]. The van der Waals surface area contributed by atoms with Gasteiger partial charge in [-0.2, -0.15) is 0 Å². The number of carbonyl (C=O) groups is 1. The molecule has 0 heterocycles. The fraction of sp³-hybridized carbons (Fsp3) is 0.462. The molecule has 0 saturated heterocycles. The van der Waals surface area contributed by atoms with E-state index in [0.717, 1.165) is 0 Å². The van der Waals surface area contributed by atoms with Crippen molar-refractivity contribution in [1.29, 1.82) is 0 Å². The summed E-state index contributed by atoms with van der Waals surface area (Å²) in [5.41, 5.74) is 6.22. The first-order valence-corrected chi connectivity index (χ1v) is 6.37. The van der Waals surface area contributed by atoms with Crippen LogP contribution in [-0.4, -0.2) is 49.5 Å². The summed E-state index contributed by atoms with van der Waals surface area (Å²) in [4.78, 5) is 25.8. The van der Waals surface area contributed by atoms with Crippen LogP contribution in [-0.2, 0) is 0 Å². The van der Waals surface area contributed by atoms with E-state index in [4.69, 9.17) is 5.73 Å². The van der Waals surface area contributed by atoms with Gasteiger partial charge in [-0.3, -0.25) is 14.9 Å². The Morgan fingerprint density at radius 1 is 1.40 bits per heavy atom. The van der Waals surface area contributed by atoms with Crippen LogP contribution >= 0.6 is 0 Å². The van der Waals surface area contributed by atoms with E-state index in [-0.39, 0.29) is 11.6 Å². The van der Waals surface area contributed by atoms with E-state index >= 15 is 0 Å². The molecule has 1 aromatic carbocycles. The molecule has 0 aliphatic rings. The molecule has 110 valence electrons. The highest BCUT2D eigenvalue weighted by Gasteiger charge is 2.21. The van der Waals surface area contributed by atoms with Crippen molar-refractivity contribution < 1.29 is 9.72 Å². The minimum absolute atomic E-state index is 0.0759. The maximum Gasteiger partial charge on any atom is 0.293 e. The number of anilines is 1. The molecule has 2 N–H and O–H groups in total. The number of hydrogen-bond donors (Lipinski definition) is 1. The summed E-state index contributed by atoms with van der Waals surface area (Å²) < 4.78 is 0. The molecule has 1 amide bonds. The fourth-order valence-electron chi connectivity index (χ4n) is 1.93. The summed E-state index contributed by atoms with van der Waals surface area (Å²) >= 11 is 0. The molecular weight excluding hydrogens is 260 g/mol. The van der Waals surface area contributed by atoms with Gasteiger partial charge < -0.3 is 15.5 Å². The quantitative estimate of drug-likeness (QED) is 0.621. The Labute approximate surface area is 118 Å². The topological polar surface area (TPSA) is 92.7 Å². The maximum atomic E-state index is 11.9. The highest BCUT2D eigenvalue weighted by Crippen LogP contribution is 2.29. The molecule has 7 heteroatoms. The van der Waals surface area contributed by atoms with Crippen LogP contribution in [0, 0.1) is 10.1 Å². The van der Waals surface area contributed by atoms with Crippen molar-refractivity contribution in [2.75, 3.05) is 38.6 Å². The second kappa shape index (κ2) is 6.85. The van der Waals surface area contributed by atoms with E-state index in [2.05, 4.69) is 0 Å². The van der Waals surface area contributed by atoms with Gasteiger partial charge in [-0.25, -0.2) is 0 Å². The second-order valence-corrected chi connectivity index (χ2v) is 4.53. The smallest absolute Gasteiger partial charge is 0.293 e. The summed E-state index contributed by atoms with van der Waals surface area (Å²) in [6.07, 6.45) is 0. The number of nitrogens with two attached hydrogens (primary N) is 1. The Morgan fingerprint density at radius 3 is 2.50 bits per heavy atom. The molecule has 1 aromatic rings. The van der Waals surface area contributed by atoms with Crippen molar-refractivity contribution in [3.63, 3.8) is 0 Å². The normalized spacial score (nSPS) is 10.2. The highest BCUT2D eigenvalue weighted by atomic mass is 16.6. The Hall–Kier alpha value is -2.15. The maximum absolute atomic E-state index is 11.9. The molecule has 7 nitrogen and oxygen atoms in total. The van der Waals surface area contributed by atoms with Crippen LogP contribution in [0.3, 0.4) is 0 Å². The number of rotatable bonds is 6. The average Bonchev–Trinajstić information content (AvgIpc) is 2.43. The van der Waals surface area contributed by atoms with Crippen LogP contribution in [0.1, 0.15) is 17.3 Å². The van der Waals surface area contributed by atoms with Crippen molar-refractivity contribution in [1.82, 2.24) is 4.90 Å². The van der Waals surface area contributed by atoms with Crippen LogP contribution in [0.4, 0.5) is 11.4 Å². The summed E-state index contributed by atoms with van der Waals surface area (Å²) in [5, 5.41) is 11.2. The lowest BCUT2D eigenvalue weighted by atomic mass is 10.1. The Kier molecular flexibility index (Phi) is 5.45. The van der Waals surface area contributed by atoms with Gasteiger partial charge in [0.25, 0.3) is 11.6 Å². The van der Waals surface area contributed by atoms with Crippen molar-refractivity contribution >= 4 is 17.3 Å². The van der Waals surface area contributed by atoms with Crippen molar-refractivity contribution in [3.8, 4) is 0 Å². The lowest BCUT2D eigenvalue weighted by Crippen LogP contribution is -2.30. The van der Waals surface area contributed by atoms with E-state index in [9.17, 15) is 14.9 Å². The lowest BCUT2D eigenvalue weighted by Gasteiger charge is -2.22. The Bertz CT molecular complexity index is 502. The standard InChI is InChI=1S/C13H20N4O3/c1-4-16(8-7-14)11-6-5-10(13(18)15(2)3)9-12(11)17(19)20/h5-6,9H,4,7-8,14H2,1-3H3. The van der Waals surface area contributed by atoms with Gasteiger partial charge >= 0.3 is 0 Å². The third kappa shape index (κ3) is 3.45. The number of nitro benzene ring substituents is 1. The van der Waals surface area contributed by atoms with Gasteiger partial charge in [0.05, 0.1) is 4.92 Å². The average molecular weight is 280 g/mol. The lowest BCUT2D eigenvalue weighted by molar-refractivity contribution is -0.384. The molecule has 0 aliphatic heterocycles. The van der Waals surface area contributed by atoms with Gasteiger partial charge in [-0.15, -0.1) is 0 Å². The van der Waals surface area contributed by atoms with E-state index in [1.807, 2.05) is 11.8 Å². The number of nitro groups is 1. The predicted octanol–water partition coefficient (Wildman–Crippen LogP) is 1.08. The third-order valence-corrected chi connectivity index (χ3v) is 2.95. The predicted molar refractivity (Wildman–Crippen MR) is 78.1 cm³/mol. The number of likely N-dealkylation sites (N-methyl/N-ethyl adjacent to an activating group) is 1. The van der Waals surface area contributed by atoms with E-state index in [1.165, 1.54) is 11.0 Å². The summed E-state index contributed by atoms with van der Waals surface area (Å²) in [6.45, 7) is 3.44. The van der Waals surface area contributed by atoms with Gasteiger partial charge in [-0.05, 0) is 19.1 Å². The zero-order chi connectivity index (χ0) is 15.3. The van der Waals surface area contributed by atoms with Crippen LogP contribution in [0.5, 0.6) is 0 Å². The van der Waals surface area contributed by atoms with Crippen molar-refractivity contribution in [3.05, 3.63) is 33.9 Å². The summed E-state index contributed by atoms with van der Waals surface area (Å²) in [6, 6.07) is 4.52. The van der Waals surface area contributed by atoms with Gasteiger partial charge in [0.1, 0.15) is 5.69 Å². The molecular formula is C13H20N4O3. The largest absolute Gasteiger partial charge is 0.365 e. The monoisotopic (exact) mass is 280 g/mol. The summed E-state index contributed by atoms with van der Waals surface area (Å²) in [7, 11) is 3.21. The number of nitrogens with zero attached hydrogens (tertiary/aromatic N) is 3. The third-order valence-electron chi connectivity index (χ3n) is 2.95. The van der Waals surface area contributed by atoms with Gasteiger partial charge in [0, 0.05) is 45.4 Å². The van der Waals surface area contributed by atoms with Crippen LogP contribution in [0.2, 0.25) is 0 Å². The number of benzene rings is 1. The first-order valence-electron chi connectivity index (χ1n) is 6.37. The van der Waals surface area contributed by atoms with Gasteiger partial charge in [0.2, 0.25) is 0 Å². The molecule has 0 aliphatic carbocycles. The van der Waals surface area contributed by atoms with Gasteiger partial charge in [-0.1, -0.05) is 0 Å². The number of amides is 1. The molecule has 0 saturated carbocycles. The molecule has 0 unspecified atom stereocenters. The molecule has 20 heavy (non-hydrogen) atoms. The molecule has 0 bridgehead atoms. The van der Waals surface area contributed by atoms with Gasteiger partial charge in [0.15, 0.2) is 0 Å². The number of hydrogen-bond acceptors (Lipinski definition) is 5. The van der Waals surface area contributed by atoms with E-state index < -0.39 is 4.92 Å². The number of carbonyl (C=O) groups excluding carboxylic acids is 1. The van der Waals surface area contributed by atoms with E-state index in [1.54, 1.807) is 26.2 Å². The summed E-state index contributed by atoms with van der Waals surface area (Å²) in [5.74, 6) is -0.262. The fourth-order valence-corrected chi connectivity index (χ4v) is 1.93. The minimum Gasteiger partial charge on any atom is -0.365 e. The van der Waals surface area contributed by atoms with Crippen molar-refractivity contribution in [2.45, 2.75) is 6.92 Å². The molecule has 0 atom stereocenters. The second-order valence-electron chi connectivity index (χ2n) is 4.53. The molecule has 1 rings (SSSR count). The molecule has 0 aromatic heterocycles. The molecule has 0 spiro atoms. The molecule has 0 radical (unpaired) electrons. The minimum atomic E-state index is -0.471. The Morgan fingerprint density at radius 2 is 2.05 bits per heavy atom. The van der Waals surface area contributed by atoms with Crippen molar-refractivity contribution in [2.24, 2.45) is 5.73 Å². The van der Waals surface area contributed by atoms with Crippen LogP contribution in [0.25, 0.3) is 0 Å². The zero-order valence-corrected chi connectivity index (χ0v) is 12.0. The van der Waals surface area contributed by atoms with E-state index in [0.29, 0.717) is 30.9 Å². The zero-order valence-electron chi connectivity index (χ0n) is 12.0. The first kappa shape index (κ1) is 15.9.